The fraction of sp³-hybridized carbons (Fsp3) is 0.560. The SMILES string of the molecule is CCCCCCCC.CCCc1cc(-c2ccc(OCC)nc2)ccc1NC. The third-order valence-electron chi connectivity index (χ3n) is 4.71. The van der Waals surface area contributed by atoms with Gasteiger partial charge in [0, 0.05) is 30.6 Å². The zero-order valence-corrected chi connectivity index (χ0v) is 18.7. The Morgan fingerprint density at radius 3 is 2.00 bits per heavy atom. The number of anilines is 1. The molecule has 3 heteroatoms. The van der Waals surface area contributed by atoms with E-state index >= 15 is 0 Å². The number of benzene rings is 1. The molecule has 0 amide bonds. The number of ether oxygens (including phenoxy) is 1. The summed E-state index contributed by atoms with van der Waals surface area (Å²) in [5.41, 5.74) is 4.87. The average molecular weight is 385 g/mol. The number of rotatable bonds is 11. The molecule has 156 valence electrons. The molecule has 1 aromatic carbocycles. The Bertz CT molecular complexity index is 631. The van der Waals surface area contributed by atoms with E-state index in [-0.39, 0.29) is 0 Å². The van der Waals surface area contributed by atoms with Crippen molar-refractivity contribution in [2.75, 3.05) is 19.0 Å². The van der Waals surface area contributed by atoms with Gasteiger partial charge in [0.05, 0.1) is 6.61 Å². The second kappa shape index (κ2) is 15.0. The molecule has 0 atom stereocenters. The molecule has 0 saturated heterocycles. The summed E-state index contributed by atoms with van der Waals surface area (Å²) in [6.45, 7) is 9.31. The van der Waals surface area contributed by atoms with Crippen LogP contribution >= 0.6 is 0 Å². The van der Waals surface area contributed by atoms with E-state index in [0.29, 0.717) is 12.5 Å². The normalized spacial score (nSPS) is 10.2. The molecule has 0 aliphatic heterocycles. The molecule has 28 heavy (non-hydrogen) atoms. The summed E-state index contributed by atoms with van der Waals surface area (Å²) in [5.74, 6) is 0.678. The molecule has 0 bridgehead atoms. The molecule has 0 unspecified atom stereocenters. The molecule has 1 aromatic heterocycles. The summed E-state index contributed by atoms with van der Waals surface area (Å²) >= 11 is 0. The van der Waals surface area contributed by atoms with Crippen molar-refractivity contribution in [2.24, 2.45) is 0 Å². The second-order valence-corrected chi connectivity index (χ2v) is 7.10. The minimum Gasteiger partial charge on any atom is -0.478 e. The number of nitrogens with zero attached hydrogens (tertiary/aromatic N) is 1. The minimum atomic E-state index is 0.643. The highest BCUT2D eigenvalue weighted by molar-refractivity contribution is 5.68. The van der Waals surface area contributed by atoms with Gasteiger partial charge in [-0.15, -0.1) is 0 Å². The lowest BCUT2D eigenvalue weighted by Crippen LogP contribution is -1.96. The van der Waals surface area contributed by atoms with Crippen molar-refractivity contribution in [1.29, 1.82) is 0 Å². The van der Waals surface area contributed by atoms with Crippen molar-refractivity contribution in [3.05, 3.63) is 42.1 Å². The van der Waals surface area contributed by atoms with E-state index in [0.717, 1.165) is 18.4 Å². The van der Waals surface area contributed by atoms with Crippen LogP contribution in [0.3, 0.4) is 0 Å². The van der Waals surface area contributed by atoms with Crippen molar-refractivity contribution < 1.29 is 4.74 Å². The fourth-order valence-corrected chi connectivity index (χ4v) is 3.13. The van der Waals surface area contributed by atoms with Gasteiger partial charge in [-0.1, -0.05) is 71.8 Å². The summed E-state index contributed by atoms with van der Waals surface area (Å²) in [5, 5.41) is 3.25. The molecule has 0 radical (unpaired) electrons. The van der Waals surface area contributed by atoms with Gasteiger partial charge in [-0.2, -0.15) is 0 Å². The van der Waals surface area contributed by atoms with Crippen molar-refractivity contribution in [1.82, 2.24) is 4.98 Å². The van der Waals surface area contributed by atoms with Crippen LogP contribution in [0.2, 0.25) is 0 Å². The van der Waals surface area contributed by atoms with Crippen LogP contribution in [0.1, 0.15) is 78.2 Å². The quantitative estimate of drug-likeness (QED) is 0.407. The van der Waals surface area contributed by atoms with E-state index in [4.69, 9.17) is 4.74 Å². The Kier molecular flexibility index (Phi) is 12.8. The number of nitrogens with one attached hydrogen (secondary N) is 1. The van der Waals surface area contributed by atoms with Crippen molar-refractivity contribution in [3.8, 4) is 17.0 Å². The molecule has 1 N–H and O–H groups in total. The first-order chi connectivity index (χ1) is 13.7. The zero-order chi connectivity index (χ0) is 20.6. The molecule has 2 rings (SSSR count). The van der Waals surface area contributed by atoms with Crippen LogP contribution < -0.4 is 10.1 Å². The molecule has 3 nitrogen and oxygen atoms in total. The largest absolute Gasteiger partial charge is 0.478 e. The van der Waals surface area contributed by atoms with Crippen LogP contribution in [0, 0.1) is 0 Å². The summed E-state index contributed by atoms with van der Waals surface area (Å²) in [4.78, 5) is 4.33. The lowest BCUT2D eigenvalue weighted by Gasteiger charge is -2.11. The van der Waals surface area contributed by atoms with Gasteiger partial charge in [0.25, 0.3) is 0 Å². The number of aromatic nitrogens is 1. The van der Waals surface area contributed by atoms with Gasteiger partial charge in [0.1, 0.15) is 0 Å². The second-order valence-electron chi connectivity index (χ2n) is 7.10. The molecule has 2 aromatic rings. The average Bonchev–Trinajstić information content (AvgIpc) is 2.73. The fourth-order valence-electron chi connectivity index (χ4n) is 3.13. The van der Waals surface area contributed by atoms with Crippen LogP contribution in [0.25, 0.3) is 11.1 Å². The molecular formula is C25H40N2O. The van der Waals surface area contributed by atoms with Gasteiger partial charge < -0.3 is 10.1 Å². The standard InChI is InChI=1S/C17H22N2O.C8H18/c1-4-6-14-11-13(7-9-16(14)18-3)15-8-10-17(19-12-15)20-5-2;1-3-5-7-8-6-4-2/h7-12,18H,4-6H2,1-3H3;3-8H2,1-2H3. The minimum absolute atomic E-state index is 0.643. The zero-order valence-electron chi connectivity index (χ0n) is 18.7. The lowest BCUT2D eigenvalue weighted by atomic mass is 10.0. The van der Waals surface area contributed by atoms with E-state index in [9.17, 15) is 0 Å². The molecule has 0 fully saturated rings. The van der Waals surface area contributed by atoms with E-state index in [1.807, 2.05) is 26.2 Å². The van der Waals surface area contributed by atoms with Crippen molar-refractivity contribution in [3.63, 3.8) is 0 Å². The summed E-state index contributed by atoms with van der Waals surface area (Å²) in [6, 6.07) is 10.5. The maximum atomic E-state index is 5.37. The Balaban J connectivity index is 0.000000416. The highest BCUT2D eigenvalue weighted by Crippen LogP contribution is 2.26. The number of aryl methyl sites for hydroxylation is 1. The number of hydrogen-bond acceptors (Lipinski definition) is 3. The monoisotopic (exact) mass is 384 g/mol. The first-order valence-electron chi connectivity index (χ1n) is 11.1. The predicted octanol–water partition coefficient (Wildman–Crippen LogP) is 7.51. The van der Waals surface area contributed by atoms with Gasteiger partial charge in [-0.05, 0) is 42.7 Å². The molecular weight excluding hydrogens is 344 g/mol. The molecule has 0 saturated carbocycles. The van der Waals surface area contributed by atoms with Crippen molar-refractivity contribution in [2.45, 2.75) is 79.1 Å². The van der Waals surface area contributed by atoms with E-state index in [1.165, 1.54) is 55.3 Å². The molecule has 0 aliphatic carbocycles. The smallest absolute Gasteiger partial charge is 0.213 e. The highest BCUT2D eigenvalue weighted by atomic mass is 16.5. The van der Waals surface area contributed by atoms with E-state index in [2.05, 4.69) is 55.3 Å². The predicted molar refractivity (Wildman–Crippen MR) is 123 cm³/mol. The first kappa shape index (κ1) is 24.0. The van der Waals surface area contributed by atoms with Gasteiger partial charge in [0.2, 0.25) is 5.88 Å². The van der Waals surface area contributed by atoms with Crippen LogP contribution in [0.4, 0.5) is 5.69 Å². The Morgan fingerprint density at radius 1 is 0.821 bits per heavy atom. The molecule has 1 heterocycles. The Labute approximate surface area is 172 Å². The van der Waals surface area contributed by atoms with Gasteiger partial charge in [-0.3, -0.25) is 0 Å². The molecule has 0 aliphatic rings. The van der Waals surface area contributed by atoms with Crippen molar-refractivity contribution >= 4 is 5.69 Å². The Hall–Kier alpha value is -2.03. The number of pyridine rings is 1. The number of hydrogen-bond donors (Lipinski definition) is 1. The van der Waals surface area contributed by atoms with Gasteiger partial charge in [-0.25, -0.2) is 4.98 Å². The maximum Gasteiger partial charge on any atom is 0.213 e. The third-order valence-corrected chi connectivity index (χ3v) is 4.71. The maximum absolute atomic E-state index is 5.37. The molecule has 0 spiro atoms. The van der Waals surface area contributed by atoms with Crippen LogP contribution in [-0.4, -0.2) is 18.6 Å². The summed E-state index contributed by atoms with van der Waals surface area (Å²) in [7, 11) is 1.96. The highest BCUT2D eigenvalue weighted by Gasteiger charge is 2.05. The van der Waals surface area contributed by atoms with Crippen LogP contribution in [0.5, 0.6) is 5.88 Å². The third kappa shape index (κ3) is 8.77. The van der Waals surface area contributed by atoms with E-state index < -0.39 is 0 Å². The summed E-state index contributed by atoms with van der Waals surface area (Å²) in [6.07, 6.45) is 12.6. The van der Waals surface area contributed by atoms with Gasteiger partial charge >= 0.3 is 0 Å². The summed E-state index contributed by atoms with van der Waals surface area (Å²) < 4.78 is 5.37. The van der Waals surface area contributed by atoms with Gasteiger partial charge in [0.15, 0.2) is 0 Å². The number of unbranched alkanes of at least 4 members (excludes halogenated alkanes) is 5. The van der Waals surface area contributed by atoms with E-state index in [1.54, 1.807) is 0 Å². The topological polar surface area (TPSA) is 34.1 Å². The first-order valence-corrected chi connectivity index (χ1v) is 11.1. The van der Waals surface area contributed by atoms with Crippen LogP contribution in [0.15, 0.2) is 36.5 Å². The van der Waals surface area contributed by atoms with Crippen LogP contribution in [-0.2, 0) is 6.42 Å². The Morgan fingerprint density at radius 2 is 1.50 bits per heavy atom. The lowest BCUT2D eigenvalue weighted by molar-refractivity contribution is 0.327.